The highest BCUT2D eigenvalue weighted by molar-refractivity contribution is 6.10. The summed E-state index contributed by atoms with van der Waals surface area (Å²) < 4.78 is 15.3. The highest BCUT2D eigenvalue weighted by Crippen LogP contribution is 2.46. The van der Waals surface area contributed by atoms with E-state index < -0.39 is 5.79 Å². The molecule has 0 fully saturated rings. The molecule has 6 heteroatoms. The van der Waals surface area contributed by atoms with Crippen LogP contribution in [0.2, 0.25) is 0 Å². The van der Waals surface area contributed by atoms with E-state index in [2.05, 4.69) is 92.2 Å². The van der Waals surface area contributed by atoms with Gasteiger partial charge in [-0.15, -0.1) is 0 Å². The SMILES string of the molecule is [C-]#[N+]c1ccc2c(c1)c1ccccc1n2-c1ccc2c(c1)-c1cc(-c3cc(-c4cccnc4)cc(-c4cccnc4)c3)ccc1OC(C)(C)O2. The molecule has 0 bridgehead atoms. The van der Waals surface area contributed by atoms with Crippen molar-refractivity contribution in [2.75, 3.05) is 0 Å². The van der Waals surface area contributed by atoms with Crippen molar-refractivity contribution < 1.29 is 9.47 Å². The summed E-state index contributed by atoms with van der Waals surface area (Å²) in [6.45, 7) is 11.5. The van der Waals surface area contributed by atoms with Crippen molar-refractivity contribution in [3.63, 3.8) is 0 Å². The van der Waals surface area contributed by atoms with Crippen molar-refractivity contribution in [2.45, 2.75) is 19.6 Å². The van der Waals surface area contributed by atoms with Crippen LogP contribution in [0.4, 0.5) is 5.69 Å². The first-order valence-electron chi connectivity index (χ1n) is 16.5. The second-order valence-corrected chi connectivity index (χ2v) is 12.9. The predicted octanol–water partition coefficient (Wildman–Crippen LogP) is 11.3. The van der Waals surface area contributed by atoms with E-state index in [-0.39, 0.29) is 0 Å². The second-order valence-electron chi connectivity index (χ2n) is 12.9. The van der Waals surface area contributed by atoms with Gasteiger partial charge >= 0.3 is 0 Å². The molecule has 3 aromatic heterocycles. The quantitative estimate of drug-likeness (QED) is 0.179. The minimum Gasteiger partial charge on any atom is -0.452 e. The molecule has 50 heavy (non-hydrogen) atoms. The van der Waals surface area contributed by atoms with Crippen LogP contribution in [0.3, 0.4) is 0 Å². The smallest absolute Gasteiger partial charge is 0.245 e. The third-order valence-electron chi connectivity index (χ3n) is 9.24. The summed E-state index contributed by atoms with van der Waals surface area (Å²) in [5, 5.41) is 2.15. The van der Waals surface area contributed by atoms with Gasteiger partial charge in [-0.3, -0.25) is 9.97 Å². The topological polar surface area (TPSA) is 53.5 Å². The first kappa shape index (κ1) is 29.4. The molecule has 8 aromatic rings. The van der Waals surface area contributed by atoms with E-state index in [1.807, 2.05) is 74.8 Å². The van der Waals surface area contributed by atoms with Crippen LogP contribution in [-0.4, -0.2) is 20.3 Å². The Hall–Kier alpha value is -6.71. The van der Waals surface area contributed by atoms with Gasteiger partial charge in [0.2, 0.25) is 5.79 Å². The Bertz CT molecular complexity index is 2580. The Morgan fingerprint density at radius 1 is 0.560 bits per heavy atom. The number of hydrogen-bond acceptors (Lipinski definition) is 4. The Morgan fingerprint density at radius 2 is 1.18 bits per heavy atom. The van der Waals surface area contributed by atoms with Crippen LogP contribution in [0.5, 0.6) is 11.5 Å². The molecule has 0 aliphatic carbocycles. The molecule has 6 nitrogen and oxygen atoms in total. The Morgan fingerprint density at radius 3 is 1.84 bits per heavy atom. The fraction of sp³-hybridized carbons (Fsp3) is 0.0682. The average Bonchev–Trinajstić information content (AvgIpc) is 3.43. The number of nitrogens with zero attached hydrogens (tertiary/aromatic N) is 4. The van der Waals surface area contributed by atoms with E-state index in [0.29, 0.717) is 5.69 Å². The van der Waals surface area contributed by atoms with E-state index in [9.17, 15) is 0 Å². The van der Waals surface area contributed by atoms with Crippen molar-refractivity contribution in [2.24, 2.45) is 0 Å². The van der Waals surface area contributed by atoms with Gasteiger partial charge < -0.3 is 14.0 Å². The van der Waals surface area contributed by atoms with Gasteiger partial charge in [0.15, 0.2) is 5.69 Å². The van der Waals surface area contributed by atoms with Gasteiger partial charge in [0.25, 0.3) is 0 Å². The van der Waals surface area contributed by atoms with Gasteiger partial charge in [0.1, 0.15) is 11.5 Å². The number of benzene rings is 5. The average molecular weight is 647 g/mol. The van der Waals surface area contributed by atoms with Crippen LogP contribution < -0.4 is 9.47 Å². The van der Waals surface area contributed by atoms with E-state index in [1.54, 1.807) is 12.4 Å². The van der Waals surface area contributed by atoms with Gasteiger partial charge in [-0.1, -0.05) is 42.5 Å². The highest BCUT2D eigenvalue weighted by Gasteiger charge is 2.30. The van der Waals surface area contributed by atoms with Crippen molar-refractivity contribution in [1.29, 1.82) is 0 Å². The van der Waals surface area contributed by atoms with Gasteiger partial charge in [-0.25, -0.2) is 4.85 Å². The van der Waals surface area contributed by atoms with Crippen molar-refractivity contribution in [1.82, 2.24) is 14.5 Å². The number of para-hydroxylation sites is 1. The first-order chi connectivity index (χ1) is 24.4. The normalized spacial score (nSPS) is 13.1. The van der Waals surface area contributed by atoms with Gasteiger partial charge in [-0.05, 0) is 107 Å². The van der Waals surface area contributed by atoms with Crippen LogP contribution >= 0.6 is 0 Å². The van der Waals surface area contributed by atoms with Crippen LogP contribution in [0, 0.1) is 6.57 Å². The summed E-state index contributed by atoms with van der Waals surface area (Å²) in [4.78, 5) is 12.5. The number of pyridine rings is 2. The van der Waals surface area contributed by atoms with Crippen molar-refractivity contribution >= 4 is 27.5 Å². The van der Waals surface area contributed by atoms with Crippen LogP contribution in [0.15, 0.2) is 146 Å². The molecule has 5 aromatic carbocycles. The molecule has 1 aliphatic heterocycles. The lowest BCUT2D eigenvalue weighted by Gasteiger charge is -2.25. The van der Waals surface area contributed by atoms with Crippen LogP contribution in [-0.2, 0) is 0 Å². The zero-order valence-corrected chi connectivity index (χ0v) is 27.5. The molecular formula is C44H30N4O2. The summed E-state index contributed by atoms with van der Waals surface area (Å²) in [5.74, 6) is 0.597. The van der Waals surface area contributed by atoms with Gasteiger partial charge in [-0.2, -0.15) is 0 Å². The molecule has 238 valence electrons. The molecule has 0 amide bonds. The second kappa shape index (κ2) is 11.5. The third kappa shape index (κ3) is 5.04. The molecular weight excluding hydrogens is 617 g/mol. The van der Waals surface area contributed by atoms with Crippen molar-refractivity contribution in [3.05, 3.63) is 158 Å². The van der Waals surface area contributed by atoms with E-state index in [4.69, 9.17) is 16.0 Å². The lowest BCUT2D eigenvalue weighted by molar-refractivity contribution is -0.0778. The molecule has 4 heterocycles. The minimum absolute atomic E-state index is 0.621. The van der Waals surface area contributed by atoms with E-state index >= 15 is 0 Å². The first-order valence-corrected chi connectivity index (χ1v) is 16.5. The standard InChI is InChI=1S/C44H30N4O2/c1-44(2)49-42-16-12-28(31-20-32(29-8-6-18-46-26-29)22-33(21-31)30-9-7-19-47-27-30)23-38(42)39-25-35(14-17-43(39)50-44)48-40-11-5-4-10-36(40)37-24-34(45-3)13-15-41(37)48/h4-27H,1-2H3. The summed E-state index contributed by atoms with van der Waals surface area (Å²) in [6.07, 6.45) is 7.37. The maximum atomic E-state index is 7.60. The summed E-state index contributed by atoms with van der Waals surface area (Å²) in [5.41, 5.74) is 11.9. The minimum atomic E-state index is -0.889. The largest absolute Gasteiger partial charge is 0.452 e. The Balaban J connectivity index is 1.25. The fourth-order valence-electron chi connectivity index (χ4n) is 7.02. The number of rotatable bonds is 4. The molecule has 0 N–H and O–H groups in total. The summed E-state index contributed by atoms with van der Waals surface area (Å²) in [7, 11) is 0. The maximum absolute atomic E-state index is 7.60. The molecule has 0 atom stereocenters. The van der Waals surface area contributed by atoms with Crippen molar-refractivity contribution in [3.8, 4) is 61.7 Å². The zero-order chi connectivity index (χ0) is 33.8. The number of ether oxygens (including phenoxy) is 2. The highest BCUT2D eigenvalue weighted by atomic mass is 16.7. The number of fused-ring (bicyclic) bond motifs is 6. The monoisotopic (exact) mass is 646 g/mol. The molecule has 0 saturated heterocycles. The molecule has 0 radical (unpaired) electrons. The summed E-state index contributed by atoms with van der Waals surface area (Å²) in [6, 6.07) is 41.6. The molecule has 0 spiro atoms. The molecule has 1 aliphatic rings. The van der Waals surface area contributed by atoms with E-state index in [1.165, 1.54) is 0 Å². The predicted molar refractivity (Wildman–Crippen MR) is 200 cm³/mol. The van der Waals surface area contributed by atoms with Crippen LogP contribution in [0.1, 0.15) is 13.8 Å². The lowest BCUT2D eigenvalue weighted by atomic mass is 9.92. The molecule has 9 rings (SSSR count). The van der Waals surface area contributed by atoms with Gasteiger partial charge in [0, 0.05) is 72.0 Å². The molecule has 0 saturated carbocycles. The zero-order valence-electron chi connectivity index (χ0n) is 27.5. The summed E-state index contributed by atoms with van der Waals surface area (Å²) >= 11 is 0. The van der Waals surface area contributed by atoms with Crippen LogP contribution in [0.25, 0.3) is 76.8 Å². The maximum Gasteiger partial charge on any atom is 0.245 e. The number of aromatic nitrogens is 3. The number of hydrogen-bond donors (Lipinski definition) is 0. The third-order valence-corrected chi connectivity index (χ3v) is 9.24. The van der Waals surface area contributed by atoms with E-state index in [0.717, 1.165) is 83.5 Å². The molecule has 0 unspecified atom stereocenters. The van der Waals surface area contributed by atoms with Gasteiger partial charge in [0.05, 0.1) is 17.6 Å². The Kier molecular flexibility index (Phi) is 6.75. The lowest BCUT2D eigenvalue weighted by Crippen LogP contribution is -2.34. The Labute approximate surface area is 289 Å². The fourth-order valence-corrected chi connectivity index (χ4v) is 7.02.